The predicted molar refractivity (Wildman–Crippen MR) is 114 cm³/mol. The van der Waals surface area contributed by atoms with Crippen LogP contribution >= 0.6 is 0 Å². The van der Waals surface area contributed by atoms with Gasteiger partial charge in [-0.25, -0.2) is 22.5 Å². The van der Waals surface area contributed by atoms with Gasteiger partial charge in [-0.1, -0.05) is 38.1 Å². The number of aromatic nitrogens is 4. The number of halogens is 1. The first-order chi connectivity index (χ1) is 14.1. The van der Waals surface area contributed by atoms with E-state index in [1.165, 1.54) is 28.9 Å². The molecule has 4 rings (SSSR count). The Kier molecular flexibility index (Phi) is 4.77. The summed E-state index contributed by atoms with van der Waals surface area (Å²) in [4.78, 5) is 8.42. The third kappa shape index (κ3) is 3.52. The Morgan fingerprint density at radius 1 is 1.00 bits per heavy atom. The van der Waals surface area contributed by atoms with Gasteiger partial charge in [0.15, 0.2) is 5.65 Å². The molecule has 0 radical (unpaired) electrons. The van der Waals surface area contributed by atoms with Crippen LogP contribution in [-0.2, 0) is 9.84 Å². The van der Waals surface area contributed by atoms with Crippen molar-refractivity contribution in [2.24, 2.45) is 0 Å². The van der Waals surface area contributed by atoms with Gasteiger partial charge in [-0.15, -0.1) is 5.10 Å². The maximum absolute atomic E-state index is 13.3. The van der Waals surface area contributed by atoms with E-state index in [1.54, 1.807) is 0 Å². The molecule has 2 N–H and O–H groups in total. The molecule has 4 aromatic rings. The molecule has 0 fully saturated rings. The molecule has 9 heteroatoms. The molecule has 2 heterocycles. The number of benzene rings is 2. The van der Waals surface area contributed by atoms with Crippen molar-refractivity contribution in [3.8, 4) is 16.9 Å². The van der Waals surface area contributed by atoms with Gasteiger partial charge in [0, 0.05) is 11.8 Å². The highest BCUT2D eigenvalue weighted by Crippen LogP contribution is 2.33. The summed E-state index contributed by atoms with van der Waals surface area (Å²) < 4.78 is 39.1. The number of nitrogens with two attached hydrogens (primary N) is 1. The van der Waals surface area contributed by atoms with Gasteiger partial charge < -0.3 is 5.73 Å². The summed E-state index contributed by atoms with van der Waals surface area (Å²) in [5, 5.41) is 4.47. The van der Waals surface area contributed by atoms with E-state index in [9.17, 15) is 12.8 Å². The Morgan fingerprint density at radius 2 is 1.63 bits per heavy atom. The van der Waals surface area contributed by atoms with Gasteiger partial charge in [-0.3, -0.25) is 0 Å². The largest absolute Gasteiger partial charge is 0.383 e. The lowest BCUT2D eigenvalue weighted by Crippen LogP contribution is -2.06. The summed E-state index contributed by atoms with van der Waals surface area (Å²) in [6.45, 7) is 4.18. The predicted octanol–water partition coefficient (Wildman–Crippen LogP) is 3.73. The fourth-order valence-electron chi connectivity index (χ4n) is 3.17. The number of sulfone groups is 1. The van der Waals surface area contributed by atoms with E-state index in [0.717, 1.165) is 11.8 Å². The second-order valence-electron chi connectivity index (χ2n) is 7.38. The second-order valence-corrected chi connectivity index (χ2v) is 9.29. The monoisotopic (exact) mass is 425 g/mol. The lowest BCUT2D eigenvalue weighted by molar-refractivity contribution is 0.593. The van der Waals surface area contributed by atoms with E-state index in [0.29, 0.717) is 28.2 Å². The molecule has 0 spiro atoms. The van der Waals surface area contributed by atoms with E-state index in [1.807, 2.05) is 24.3 Å². The number of hydrogen-bond acceptors (Lipinski definition) is 6. The normalized spacial score (nSPS) is 12.0. The minimum atomic E-state index is -3.68. The van der Waals surface area contributed by atoms with Crippen LogP contribution in [-0.4, -0.2) is 34.4 Å². The lowest BCUT2D eigenvalue weighted by Gasteiger charge is -2.09. The van der Waals surface area contributed by atoms with Crippen LogP contribution in [0.15, 0.2) is 53.7 Å². The zero-order valence-corrected chi connectivity index (χ0v) is 17.5. The topological polar surface area (TPSA) is 104 Å². The SMILES string of the molecule is CC(C)c1ccc(-c2nc(S(C)(=O)=O)nc3nn(-c4ccc(F)cc4)c(N)c23)cc1. The Hall–Kier alpha value is -3.33. The van der Waals surface area contributed by atoms with Crippen molar-refractivity contribution in [2.45, 2.75) is 24.9 Å². The van der Waals surface area contributed by atoms with Gasteiger partial charge in [-0.2, -0.15) is 4.98 Å². The van der Waals surface area contributed by atoms with Gasteiger partial charge in [0.05, 0.1) is 16.8 Å². The molecule has 0 aliphatic carbocycles. The van der Waals surface area contributed by atoms with Gasteiger partial charge in [-0.05, 0) is 35.7 Å². The summed E-state index contributed by atoms with van der Waals surface area (Å²) in [5.74, 6) is 0.195. The molecule has 0 bridgehead atoms. The molecule has 2 aromatic carbocycles. The number of fused-ring (bicyclic) bond motifs is 1. The number of nitrogens with zero attached hydrogens (tertiary/aromatic N) is 4. The zero-order chi connectivity index (χ0) is 21.6. The van der Waals surface area contributed by atoms with E-state index in [-0.39, 0.29) is 22.4 Å². The van der Waals surface area contributed by atoms with Crippen LogP contribution in [0.25, 0.3) is 28.0 Å². The number of hydrogen-bond donors (Lipinski definition) is 1. The maximum Gasteiger partial charge on any atom is 0.249 e. The highest BCUT2D eigenvalue weighted by molar-refractivity contribution is 7.90. The summed E-state index contributed by atoms with van der Waals surface area (Å²) >= 11 is 0. The molecule has 0 aliphatic rings. The Bertz CT molecular complexity index is 1350. The fourth-order valence-corrected chi connectivity index (χ4v) is 3.68. The van der Waals surface area contributed by atoms with E-state index in [4.69, 9.17) is 5.73 Å². The minimum absolute atomic E-state index is 0.148. The van der Waals surface area contributed by atoms with Crippen LogP contribution in [0.3, 0.4) is 0 Å². The molecule has 0 amide bonds. The molecule has 0 unspecified atom stereocenters. The van der Waals surface area contributed by atoms with E-state index < -0.39 is 9.84 Å². The highest BCUT2D eigenvalue weighted by atomic mass is 32.2. The van der Waals surface area contributed by atoms with Crippen molar-refractivity contribution < 1.29 is 12.8 Å². The van der Waals surface area contributed by atoms with Crippen LogP contribution in [0.2, 0.25) is 0 Å². The molecular formula is C21H20FN5O2S. The quantitative estimate of drug-likeness (QED) is 0.500. The average molecular weight is 425 g/mol. The summed E-state index contributed by atoms with van der Waals surface area (Å²) in [7, 11) is -3.68. The molecule has 2 aromatic heterocycles. The lowest BCUT2D eigenvalue weighted by atomic mass is 10.00. The molecule has 0 saturated carbocycles. The summed E-state index contributed by atoms with van der Waals surface area (Å²) in [6.07, 6.45) is 1.04. The fraction of sp³-hybridized carbons (Fsp3) is 0.190. The zero-order valence-electron chi connectivity index (χ0n) is 16.7. The standard InChI is InChI=1S/C21H20FN5O2S/c1-12(2)13-4-6-14(7-5-13)18-17-19(23)27(16-10-8-15(22)9-11-16)26-20(17)25-21(24-18)30(3,28)29/h4-12H,23H2,1-3H3. The van der Waals surface area contributed by atoms with Crippen LogP contribution in [0.5, 0.6) is 0 Å². The van der Waals surface area contributed by atoms with Crippen molar-refractivity contribution in [2.75, 3.05) is 12.0 Å². The van der Waals surface area contributed by atoms with Crippen molar-refractivity contribution in [3.05, 3.63) is 59.9 Å². The van der Waals surface area contributed by atoms with Crippen LogP contribution in [0.4, 0.5) is 10.2 Å². The van der Waals surface area contributed by atoms with Gasteiger partial charge in [0.25, 0.3) is 0 Å². The van der Waals surface area contributed by atoms with Gasteiger partial charge in [0.1, 0.15) is 11.6 Å². The highest BCUT2D eigenvalue weighted by Gasteiger charge is 2.22. The minimum Gasteiger partial charge on any atom is -0.383 e. The van der Waals surface area contributed by atoms with Crippen LogP contribution in [0.1, 0.15) is 25.3 Å². The molecule has 154 valence electrons. The van der Waals surface area contributed by atoms with Crippen molar-refractivity contribution in [1.82, 2.24) is 19.7 Å². The Morgan fingerprint density at radius 3 is 2.20 bits per heavy atom. The molecule has 0 aliphatic heterocycles. The third-order valence-corrected chi connectivity index (χ3v) is 5.65. The Labute approximate surface area is 173 Å². The molecule has 0 saturated heterocycles. The summed E-state index contributed by atoms with van der Waals surface area (Å²) in [5.41, 5.74) is 9.25. The first kappa shape index (κ1) is 20.0. The first-order valence-corrected chi connectivity index (χ1v) is 11.2. The van der Waals surface area contributed by atoms with Crippen molar-refractivity contribution in [1.29, 1.82) is 0 Å². The van der Waals surface area contributed by atoms with E-state index >= 15 is 0 Å². The first-order valence-electron chi connectivity index (χ1n) is 9.27. The summed E-state index contributed by atoms with van der Waals surface area (Å²) in [6, 6.07) is 13.3. The molecule has 7 nitrogen and oxygen atoms in total. The van der Waals surface area contributed by atoms with Crippen LogP contribution < -0.4 is 5.73 Å². The number of rotatable bonds is 4. The van der Waals surface area contributed by atoms with Gasteiger partial charge >= 0.3 is 0 Å². The number of nitrogen functional groups attached to an aromatic ring is 1. The van der Waals surface area contributed by atoms with E-state index in [2.05, 4.69) is 28.9 Å². The molecule has 0 atom stereocenters. The average Bonchev–Trinajstić information content (AvgIpc) is 3.04. The second kappa shape index (κ2) is 7.17. The smallest absolute Gasteiger partial charge is 0.249 e. The van der Waals surface area contributed by atoms with Crippen molar-refractivity contribution >= 4 is 26.7 Å². The molecule has 30 heavy (non-hydrogen) atoms. The maximum atomic E-state index is 13.3. The van der Waals surface area contributed by atoms with Crippen LogP contribution in [0, 0.1) is 5.82 Å². The Balaban J connectivity index is 2.00. The third-order valence-electron chi connectivity index (χ3n) is 4.80. The van der Waals surface area contributed by atoms with Gasteiger partial charge in [0.2, 0.25) is 15.0 Å². The molecular weight excluding hydrogens is 405 g/mol. The van der Waals surface area contributed by atoms with Crippen molar-refractivity contribution in [3.63, 3.8) is 0 Å². The number of anilines is 1.